The fraction of sp³-hybridized carbons (Fsp3) is 0.471. The minimum absolute atomic E-state index is 0.0793. The van der Waals surface area contributed by atoms with Crippen LogP contribution in [0.3, 0.4) is 0 Å². The molecule has 1 rings (SSSR count). The lowest BCUT2D eigenvalue weighted by Crippen LogP contribution is -2.53. The number of carbonyl (C=O) groups is 3. The van der Waals surface area contributed by atoms with Crippen molar-refractivity contribution in [1.29, 1.82) is 0 Å². The van der Waals surface area contributed by atoms with Crippen molar-refractivity contribution in [3.63, 3.8) is 0 Å². The number of aliphatic carboxylic acids is 1. The highest BCUT2D eigenvalue weighted by atomic mass is 16.5. The number of carbonyl (C=O) groups excluding carboxylic acids is 2. The van der Waals surface area contributed by atoms with Gasteiger partial charge in [0.15, 0.2) is 0 Å². The monoisotopic (exact) mass is 336 g/mol. The molecule has 0 saturated heterocycles. The highest BCUT2D eigenvalue weighted by molar-refractivity contribution is 5.90. The quantitative estimate of drug-likeness (QED) is 0.656. The van der Waals surface area contributed by atoms with Crippen LogP contribution in [0.15, 0.2) is 24.3 Å². The van der Waals surface area contributed by atoms with E-state index in [-0.39, 0.29) is 18.2 Å². The van der Waals surface area contributed by atoms with Gasteiger partial charge >= 0.3 is 5.97 Å². The van der Waals surface area contributed by atoms with Crippen molar-refractivity contribution in [3.05, 3.63) is 29.8 Å². The summed E-state index contributed by atoms with van der Waals surface area (Å²) in [6.45, 7) is 4.86. The number of carboxylic acid groups (broad SMARTS) is 1. The Morgan fingerprint density at radius 1 is 1.17 bits per heavy atom. The Hall–Kier alpha value is -2.57. The predicted molar refractivity (Wildman–Crippen MR) is 88.7 cm³/mol. The first-order valence-electron chi connectivity index (χ1n) is 7.68. The van der Waals surface area contributed by atoms with Gasteiger partial charge in [0.25, 0.3) is 0 Å². The van der Waals surface area contributed by atoms with Crippen LogP contribution in [-0.2, 0) is 20.8 Å². The Kier molecular flexibility index (Phi) is 7.23. The number of amides is 2. The van der Waals surface area contributed by atoms with E-state index in [9.17, 15) is 19.5 Å². The van der Waals surface area contributed by atoms with E-state index in [0.29, 0.717) is 11.3 Å². The Balaban J connectivity index is 2.90. The molecule has 0 aliphatic rings. The zero-order valence-corrected chi connectivity index (χ0v) is 14.3. The largest absolute Gasteiger partial charge is 0.496 e. The predicted octanol–water partition coefficient (Wildman–Crippen LogP) is 0.968. The van der Waals surface area contributed by atoms with Crippen molar-refractivity contribution in [2.24, 2.45) is 5.92 Å². The zero-order valence-electron chi connectivity index (χ0n) is 14.3. The number of methoxy groups -OCH3 is 1. The van der Waals surface area contributed by atoms with Crippen molar-refractivity contribution in [1.82, 2.24) is 10.6 Å². The fourth-order valence-electron chi connectivity index (χ4n) is 2.31. The van der Waals surface area contributed by atoms with E-state index < -0.39 is 24.0 Å². The average molecular weight is 336 g/mol. The van der Waals surface area contributed by atoms with Crippen LogP contribution >= 0.6 is 0 Å². The summed E-state index contributed by atoms with van der Waals surface area (Å²) in [5, 5.41) is 14.4. The van der Waals surface area contributed by atoms with E-state index in [1.54, 1.807) is 38.1 Å². The average Bonchev–Trinajstić information content (AvgIpc) is 2.51. The van der Waals surface area contributed by atoms with Crippen LogP contribution in [0.5, 0.6) is 5.75 Å². The van der Waals surface area contributed by atoms with Crippen LogP contribution in [0.1, 0.15) is 26.3 Å². The van der Waals surface area contributed by atoms with Crippen LogP contribution in [0.25, 0.3) is 0 Å². The summed E-state index contributed by atoms with van der Waals surface area (Å²) in [7, 11) is 1.50. The molecule has 132 valence electrons. The van der Waals surface area contributed by atoms with Gasteiger partial charge in [0.1, 0.15) is 17.8 Å². The molecule has 7 heteroatoms. The van der Waals surface area contributed by atoms with Crippen LogP contribution < -0.4 is 15.4 Å². The van der Waals surface area contributed by atoms with Crippen LogP contribution in [-0.4, -0.2) is 42.1 Å². The van der Waals surface area contributed by atoms with Gasteiger partial charge in [-0.25, -0.2) is 4.79 Å². The van der Waals surface area contributed by atoms with Gasteiger partial charge in [-0.3, -0.25) is 9.59 Å². The molecule has 0 aliphatic carbocycles. The Morgan fingerprint density at radius 2 is 1.79 bits per heavy atom. The lowest BCUT2D eigenvalue weighted by molar-refractivity contribution is -0.142. The first-order valence-corrected chi connectivity index (χ1v) is 7.68. The van der Waals surface area contributed by atoms with Gasteiger partial charge < -0.3 is 20.5 Å². The Labute approximate surface area is 141 Å². The molecule has 24 heavy (non-hydrogen) atoms. The molecule has 0 heterocycles. The van der Waals surface area contributed by atoms with Crippen LogP contribution in [0.4, 0.5) is 0 Å². The highest BCUT2D eigenvalue weighted by Crippen LogP contribution is 2.19. The third-order valence-corrected chi connectivity index (χ3v) is 3.54. The summed E-state index contributed by atoms with van der Waals surface area (Å²) < 4.78 is 5.21. The van der Waals surface area contributed by atoms with Gasteiger partial charge in [-0.1, -0.05) is 32.0 Å². The normalized spacial score (nSPS) is 13.0. The standard InChI is InChI=1S/C17H24N2O5/c1-10(2)15(18-11(3)20)16(21)19-13(17(22)23)9-12-7-5-6-8-14(12)24-4/h5-8,10,13,15H,9H2,1-4H3,(H,18,20)(H,19,21)(H,22,23)/t13-,15+/m0/s1. The summed E-state index contributed by atoms with van der Waals surface area (Å²) in [4.78, 5) is 35.1. The van der Waals surface area contributed by atoms with Crippen molar-refractivity contribution >= 4 is 17.8 Å². The molecule has 0 unspecified atom stereocenters. The first kappa shape index (κ1) is 19.5. The molecule has 2 amide bonds. The van der Waals surface area contributed by atoms with E-state index in [2.05, 4.69) is 10.6 Å². The summed E-state index contributed by atoms with van der Waals surface area (Å²) in [6.07, 6.45) is 0.0793. The minimum Gasteiger partial charge on any atom is -0.496 e. The zero-order chi connectivity index (χ0) is 18.3. The van der Waals surface area contributed by atoms with Gasteiger partial charge in [0, 0.05) is 13.3 Å². The number of carboxylic acids is 1. The number of hydrogen-bond donors (Lipinski definition) is 3. The smallest absolute Gasteiger partial charge is 0.326 e. The molecule has 3 N–H and O–H groups in total. The third-order valence-electron chi connectivity index (χ3n) is 3.54. The van der Waals surface area contributed by atoms with Gasteiger partial charge in [-0.2, -0.15) is 0 Å². The minimum atomic E-state index is -1.15. The van der Waals surface area contributed by atoms with Crippen molar-refractivity contribution < 1.29 is 24.2 Å². The third kappa shape index (κ3) is 5.57. The van der Waals surface area contributed by atoms with Gasteiger partial charge in [0.2, 0.25) is 11.8 Å². The van der Waals surface area contributed by atoms with Gasteiger partial charge in [-0.05, 0) is 17.5 Å². The number of nitrogens with one attached hydrogen (secondary N) is 2. The van der Waals surface area contributed by atoms with Crippen molar-refractivity contribution in [2.45, 2.75) is 39.3 Å². The summed E-state index contributed by atoms with van der Waals surface area (Å²) in [6, 6.07) is 5.11. The molecule has 0 radical (unpaired) electrons. The molecular formula is C17H24N2O5. The highest BCUT2D eigenvalue weighted by Gasteiger charge is 2.28. The fourth-order valence-corrected chi connectivity index (χ4v) is 2.31. The van der Waals surface area contributed by atoms with Crippen molar-refractivity contribution in [3.8, 4) is 5.75 Å². The molecule has 1 aromatic rings. The molecule has 0 bridgehead atoms. The summed E-state index contributed by atoms with van der Waals surface area (Å²) in [5.74, 6) is -1.64. The maximum Gasteiger partial charge on any atom is 0.326 e. The van der Waals surface area contributed by atoms with Gasteiger partial charge in [-0.15, -0.1) is 0 Å². The van der Waals surface area contributed by atoms with Gasteiger partial charge in [0.05, 0.1) is 7.11 Å². The van der Waals surface area contributed by atoms with E-state index in [1.165, 1.54) is 14.0 Å². The lowest BCUT2D eigenvalue weighted by atomic mass is 10.0. The molecule has 0 fully saturated rings. The summed E-state index contributed by atoms with van der Waals surface area (Å²) >= 11 is 0. The number of rotatable bonds is 8. The molecule has 1 aromatic carbocycles. The Bertz CT molecular complexity index is 600. The first-order chi connectivity index (χ1) is 11.3. The Morgan fingerprint density at radius 3 is 2.29 bits per heavy atom. The molecule has 7 nitrogen and oxygen atoms in total. The van der Waals surface area contributed by atoms with E-state index in [4.69, 9.17) is 4.74 Å². The van der Waals surface area contributed by atoms with Crippen LogP contribution in [0.2, 0.25) is 0 Å². The molecule has 0 aliphatic heterocycles. The SMILES string of the molecule is COc1ccccc1C[C@H](NC(=O)[C@H](NC(C)=O)C(C)C)C(=O)O. The summed E-state index contributed by atoms with van der Waals surface area (Å²) in [5.41, 5.74) is 0.674. The number of hydrogen-bond acceptors (Lipinski definition) is 4. The molecule has 0 spiro atoms. The van der Waals surface area contributed by atoms with E-state index in [1.807, 2.05) is 0 Å². The van der Waals surface area contributed by atoms with Crippen LogP contribution in [0, 0.1) is 5.92 Å². The lowest BCUT2D eigenvalue weighted by Gasteiger charge is -2.23. The molecule has 2 atom stereocenters. The second-order valence-corrected chi connectivity index (χ2v) is 5.84. The molecule has 0 aromatic heterocycles. The van der Waals surface area contributed by atoms with Crippen molar-refractivity contribution in [2.75, 3.05) is 7.11 Å². The van der Waals surface area contributed by atoms with E-state index in [0.717, 1.165) is 0 Å². The van der Waals surface area contributed by atoms with E-state index >= 15 is 0 Å². The molecule has 0 saturated carbocycles. The number of benzene rings is 1. The topological polar surface area (TPSA) is 105 Å². The number of para-hydroxylation sites is 1. The molecular weight excluding hydrogens is 312 g/mol. The number of ether oxygens (including phenoxy) is 1. The maximum absolute atomic E-state index is 12.4. The second-order valence-electron chi connectivity index (χ2n) is 5.84. The maximum atomic E-state index is 12.4. The second kappa shape index (κ2) is 8.90.